The molecule has 1 atom stereocenters. The van der Waals surface area contributed by atoms with Gasteiger partial charge in [-0.1, -0.05) is 60.2 Å². The molecule has 0 spiro atoms. The highest BCUT2D eigenvalue weighted by Gasteiger charge is 2.30. The summed E-state index contributed by atoms with van der Waals surface area (Å²) < 4.78 is 26.8. The molecule has 2 aromatic heterocycles. The van der Waals surface area contributed by atoms with Gasteiger partial charge in [-0.15, -0.1) is 4.40 Å². The van der Waals surface area contributed by atoms with Crippen molar-refractivity contribution in [1.82, 2.24) is 9.55 Å². The highest BCUT2D eigenvalue weighted by Crippen LogP contribution is 2.55. The van der Waals surface area contributed by atoms with Gasteiger partial charge in [-0.25, -0.2) is 4.98 Å². The molecule has 0 bridgehead atoms. The van der Waals surface area contributed by atoms with Gasteiger partial charge in [0.1, 0.15) is 21.9 Å². The van der Waals surface area contributed by atoms with Crippen molar-refractivity contribution in [3.05, 3.63) is 94.4 Å². The molecule has 33 heavy (non-hydrogen) atoms. The molecule has 0 fully saturated rings. The summed E-state index contributed by atoms with van der Waals surface area (Å²) in [7, 11) is -3.55. The molecular formula is C24H22N4O4S. The van der Waals surface area contributed by atoms with Crippen LogP contribution >= 0.6 is 10.8 Å². The summed E-state index contributed by atoms with van der Waals surface area (Å²) in [5.74, 6) is -0.426. The number of pyridine rings is 2. The van der Waals surface area contributed by atoms with Gasteiger partial charge in [0.25, 0.3) is 5.56 Å². The van der Waals surface area contributed by atoms with Gasteiger partial charge < -0.3 is 10.4 Å². The Kier molecular flexibility index (Phi) is 5.16. The lowest BCUT2D eigenvalue weighted by atomic mass is 10.0. The van der Waals surface area contributed by atoms with Crippen molar-refractivity contribution >= 4 is 33.3 Å². The number of hydrogen-bond donors (Lipinski definition) is 4. The van der Waals surface area contributed by atoms with Crippen LogP contribution in [0.1, 0.15) is 24.0 Å². The molecular weight excluding hydrogens is 440 g/mol. The fourth-order valence-corrected chi connectivity index (χ4v) is 5.22. The van der Waals surface area contributed by atoms with Gasteiger partial charge in [-0.05, 0) is 35.7 Å². The third-order valence-electron chi connectivity index (χ3n) is 5.71. The number of para-hydroxylation sites is 1. The van der Waals surface area contributed by atoms with Crippen LogP contribution in [0.2, 0.25) is 0 Å². The number of aromatic nitrogens is 2. The molecule has 0 saturated carbocycles. The first-order valence-corrected chi connectivity index (χ1v) is 11.9. The maximum absolute atomic E-state index is 13.7. The zero-order valence-electron chi connectivity index (χ0n) is 17.7. The number of fused-ring (bicyclic) bond motifs is 2. The third-order valence-corrected chi connectivity index (χ3v) is 7.09. The highest BCUT2D eigenvalue weighted by atomic mass is 32.3. The Morgan fingerprint density at radius 1 is 1.03 bits per heavy atom. The van der Waals surface area contributed by atoms with E-state index in [1.807, 2.05) is 37.3 Å². The van der Waals surface area contributed by atoms with Crippen molar-refractivity contribution in [2.24, 2.45) is 4.40 Å². The number of aromatic hydroxyl groups is 1. The Morgan fingerprint density at radius 2 is 1.76 bits per heavy atom. The average Bonchev–Trinajstić information content (AvgIpc) is 2.82. The van der Waals surface area contributed by atoms with Crippen molar-refractivity contribution in [2.75, 3.05) is 5.32 Å². The van der Waals surface area contributed by atoms with E-state index in [0.29, 0.717) is 23.3 Å². The first kappa shape index (κ1) is 21.2. The number of rotatable bonds is 4. The Balaban J connectivity index is 1.70. The number of nitrogens with zero attached hydrogens (tertiary/aromatic N) is 3. The number of anilines is 1. The van der Waals surface area contributed by atoms with Crippen molar-refractivity contribution in [2.45, 2.75) is 24.3 Å². The molecule has 0 aliphatic carbocycles. The second kappa shape index (κ2) is 8.04. The average molecular weight is 463 g/mol. The van der Waals surface area contributed by atoms with Crippen LogP contribution < -0.4 is 10.9 Å². The molecule has 4 N–H and O–H groups in total. The Bertz CT molecular complexity index is 1450. The van der Waals surface area contributed by atoms with Crippen LogP contribution in [0, 0.1) is 0 Å². The monoisotopic (exact) mass is 462 g/mol. The number of hydrogen-bond acceptors (Lipinski definition) is 7. The van der Waals surface area contributed by atoms with Crippen molar-refractivity contribution in [3.63, 3.8) is 0 Å². The maximum Gasteiger partial charge on any atom is 0.267 e. The molecule has 1 unspecified atom stereocenters. The number of amidine groups is 1. The fourth-order valence-electron chi connectivity index (χ4n) is 4.05. The van der Waals surface area contributed by atoms with Crippen LogP contribution in [0.15, 0.2) is 87.0 Å². The lowest BCUT2D eigenvalue weighted by Gasteiger charge is -2.34. The molecule has 9 heteroatoms. The SMILES string of the molecule is CC(Cn1c(=O)c(C2=NS(O)(O)c3ccccc3N2)c(O)c2cccnc21)c1ccccc1. The largest absolute Gasteiger partial charge is 0.506 e. The van der Waals surface area contributed by atoms with Gasteiger partial charge in [0.05, 0.1) is 11.1 Å². The minimum atomic E-state index is -3.55. The quantitative estimate of drug-likeness (QED) is 0.346. The molecule has 1 aliphatic rings. The summed E-state index contributed by atoms with van der Waals surface area (Å²) in [6.07, 6.45) is 1.56. The van der Waals surface area contributed by atoms with Gasteiger partial charge in [-0.3, -0.25) is 18.5 Å². The fraction of sp³-hybridized carbons (Fsp3) is 0.125. The molecule has 8 nitrogen and oxygen atoms in total. The molecule has 5 rings (SSSR count). The van der Waals surface area contributed by atoms with Gasteiger partial charge in [0.15, 0.2) is 5.84 Å². The highest BCUT2D eigenvalue weighted by molar-refractivity contribution is 8.23. The maximum atomic E-state index is 13.7. The molecule has 168 valence electrons. The van der Waals surface area contributed by atoms with Crippen LogP contribution in [0.4, 0.5) is 5.69 Å². The summed E-state index contributed by atoms with van der Waals surface area (Å²) in [6, 6.07) is 19.8. The van der Waals surface area contributed by atoms with Crippen molar-refractivity contribution in [1.29, 1.82) is 0 Å². The van der Waals surface area contributed by atoms with Crippen LogP contribution in [-0.2, 0) is 6.54 Å². The second-order valence-electron chi connectivity index (χ2n) is 7.91. The molecule has 0 saturated heterocycles. The van der Waals surface area contributed by atoms with Crippen LogP contribution in [0.5, 0.6) is 5.75 Å². The summed E-state index contributed by atoms with van der Waals surface area (Å²) >= 11 is 0. The molecule has 1 aliphatic heterocycles. The topological polar surface area (TPSA) is 120 Å². The first-order valence-electron chi connectivity index (χ1n) is 10.4. The Labute approximate surface area is 191 Å². The van der Waals surface area contributed by atoms with Gasteiger partial charge in [-0.2, -0.15) is 0 Å². The van der Waals surface area contributed by atoms with Gasteiger partial charge >= 0.3 is 0 Å². The summed E-state index contributed by atoms with van der Waals surface area (Å²) in [6.45, 7) is 2.32. The predicted octanol–water partition coefficient (Wildman–Crippen LogP) is 4.80. The summed E-state index contributed by atoms with van der Waals surface area (Å²) in [5, 5.41) is 14.4. The normalized spacial score (nSPS) is 16.4. The van der Waals surface area contributed by atoms with Crippen LogP contribution in [-0.4, -0.2) is 29.6 Å². The smallest absolute Gasteiger partial charge is 0.267 e. The minimum absolute atomic E-state index is 0.0196. The predicted molar refractivity (Wildman–Crippen MR) is 130 cm³/mol. The zero-order chi connectivity index (χ0) is 23.2. The standard InChI is InChI=1S/C24H22N4O4S/c1-15(16-8-3-2-4-9-16)14-28-23-17(10-7-13-25-23)21(29)20(24(28)30)22-26-18-11-5-6-12-19(18)33(31,32)27-22/h2-13,15,29,31-32H,14H2,1H3,(H,26,27). The van der Waals surface area contributed by atoms with E-state index in [-0.39, 0.29) is 28.0 Å². The zero-order valence-corrected chi connectivity index (χ0v) is 18.5. The molecule has 0 radical (unpaired) electrons. The number of benzene rings is 2. The molecule has 4 aromatic rings. The van der Waals surface area contributed by atoms with Crippen molar-refractivity contribution in [3.8, 4) is 5.75 Å². The first-order chi connectivity index (χ1) is 15.9. The van der Waals surface area contributed by atoms with E-state index in [1.165, 1.54) is 4.57 Å². The van der Waals surface area contributed by atoms with Gasteiger partial charge in [0, 0.05) is 12.7 Å². The van der Waals surface area contributed by atoms with Crippen LogP contribution in [0.25, 0.3) is 11.0 Å². The van der Waals surface area contributed by atoms with Crippen molar-refractivity contribution < 1.29 is 14.2 Å². The molecule has 3 heterocycles. The second-order valence-corrected chi connectivity index (χ2v) is 9.57. The third kappa shape index (κ3) is 3.66. The Morgan fingerprint density at radius 3 is 2.55 bits per heavy atom. The van der Waals surface area contributed by atoms with Gasteiger partial charge in [0.2, 0.25) is 0 Å². The van der Waals surface area contributed by atoms with Crippen LogP contribution in [0.3, 0.4) is 0 Å². The lowest BCUT2D eigenvalue weighted by Crippen LogP contribution is -2.33. The summed E-state index contributed by atoms with van der Waals surface area (Å²) in [5.41, 5.74) is 1.15. The lowest BCUT2D eigenvalue weighted by molar-refractivity contribution is 0.475. The van der Waals surface area contributed by atoms with E-state index in [0.717, 1.165) is 5.56 Å². The molecule has 2 aromatic carbocycles. The Hall–Kier alpha value is -3.66. The van der Waals surface area contributed by atoms with E-state index in [2.05, 4.69) is 14.7 Å². The minimum Gasteiger partial charge on any atom is -0.506 e. The van der Waals surface area contributed by atoms with E-state index in [9.17, 15) is 19.0 Å². The van der Waals surface area contributed by atoms with E-state index in [4.69, 9.17) is 0 Å². The number of nitrogens with one attached hydrogen (secondary N) is 1. The summed E-state index contributed by atoms with van der Waals surface area (Å²) in [4.78, 5) is 18.3. The van der Waals surface area contributed by atoms with E-state index in [1.54, 1.807) is 42.6 Å². The van der Waals surface area contributed by atoms with E-state index < -0.39 is 16.3 Å². The van der Waals surface area contributed by atoms with E-state index >= 15 is 0 Å². The molecule has 0 amide bonds.